The molecule has 1 aromatic carbocycles. The zero-order valence-corrected chi connectivity index (χ0v) is 13.9. The Balaban J connectivity index is 1.95. The van der Waals surface area contributed by atoms with Crippen LogP contribution in [-0.2, 0) is 10.0 Å². The van der Waals surface area contributed by atoms with E-state index in [-0.39, 0.29) is 0 Å². The van der Waals surface area contributed by atoms with Crippen molar-refractivity contribution in [2.45, 2.75) is 31.1 Å². The van der Waals surface area contributed by atoms with Gasteiger partial charge < -0.3 is 5.73 Å². The zero-order valence-electron chi connectivity index (χ0n) is 11.5. The van der Waals surface area contributed by atoms with Crippen molar-refractivity contribution in [3.63, 3.8) is 0 Å². The molecule has 1 aliphatic heterocycles. The van der Waals surface area contributed by atoms with Crippen LogP contribution in [0.25, 0.3) is 0 Å². The number of hydrogen-bond acceptors (Lipinski definition) is 3. The van der Waals surface area contributed by atoms with Crippen LogP contribution in [0.2, 0.25) is 0 Å². The van der Waals surface area contributed by atoms with Crippen molar-refractivity contribution in [3.8, 4) is 0 Å². The SMILES string of the molecule is Cc1cc(Br)c(N)cc1S(=O)(=O)N1CC2CCCC2C1. The fraction of sp³-hybridized carbons (Fsp3) is 0.571. The fourth-order valence-corrected chi connectivity index (χ4v) is 5.73. The molecular weight excluding hydrogens is 340 g/mol. The van der Waals surface area contributed by atoms with E-state index in [0.29, 0.717) is 35.5 Å². The molecule has 2 unspecified atom stereocenters. The van der Waals surface area contributed by atoms with Crippen LogP contribution in [0.5, 0.6) is 0 Å². The Morgan fingerprint density at radius 2 is 1.85 bits per heavy atom. The highest BCUT2D eigenvalue weighted by molar-refractivity contribution is 9.10. The van der Waals surface area contributed by atoms with Gasteiger partial charge in [0.25, 0.3) is 0 Å². The van der Waals surface area contributed by atoms with E-state index >= 15 is 0 Å². The van der Waals surface area contributed by atoms with Gasteiger partial charge >= 0.3 is 0 Å². The van der Waals surface area contributed by atoms with Gasteiger partial charge in [0.1, 0.15) is 0 Å². The summed E-state index contributed by atoms with van der Waals surface area (Å²) >= 11 is 3.34. The zero-order chi connectivity index (χ0) is 14.5. The summed E-state index contributed by atoms with van der Waals surface area (Å²) in [6.07, 6.45) is 3.57. The van der Waals surface area contributed by atoms with Crippen molar-refractivity contribution in [1.82, 2.24) is 4.31 Å². The summed E-state index contributed by atoms with van der Waals surface area (Å²) in [7, 11) is -3.42. The Labute approximate surface area is 128 Å². The van der Waals surface area contributed by atoms with Gasteiger partial charge in [0.2, 0.25) is 10.0 Å². The molecule has 110 valence electrons. The van der Waals surface area contributed by atoms with Crippen LogP contribution in [0.1, 0.15) is 24.8 Å². The van der Waals surface area contributed by atoms with E-state index < -0.39 is 10.0 Å². The van der Waals surface area contributed by atoms with Crippen LogP contribution in [0.4, 0.5) is 5.69 Å². The minimum Gasteiger partial charge on any atom is -0.398 e. The number of halogens is 1. The van der Waals surface area contributed by atoms with Crippen LogP contribution >= 0.6 is 15.9 Å². The third-order valence-electron chi connectivity index (χ3n) is 4.60. The van der Waals surface area contributed by atoms with Gasteiger partial charge in [0, 0.05) is 23.2 Å². The second kappa shape index (κ2) is 5.00. The van der Waals surface area contributed by atoms with E-state index in [9.17, 15) is 8.42 Å². The smallest absolute Gasteiger partial charge is 0.243 e. The van der Waals surface area contributed by atoms with E-state index in [4.69, 9.17) is 5.73 Å². The minimum atomic E-state index is -3.42. The molecule has 1 aromatic rings. The van der Waals surface area contributed by atoms with Crippen molar-refractivity contribution in [1.29, 1.82) is 0 Å². The molecule has 2 atom stereocenters. The molecular formula is C14H19BrN2O2S. The van der Waals surface area contributed by atoms with Gasteiger partial charge in [-0.15, -0.1) is 0 Å². The Morgan fingerprint density at radius 3 is 2.45 bits per heavy atom. The average Bonchev–Trinajstić information content (AvgIpc) is 2.94. The van der Waals surface area contributed by atoms with Gasteiger partial charge in [0.05, 0.1) is 4.90 Å². The molecule has 4 nitrogen and oxygen atoms in total. The fourth-order valence-electron chi connectivity index (χ4n) is 3.47. The third kappa shape index (κ3) is 2.27. The molecule has 0 bridgehead atoms. The van der Waals surface area contributed by atoms with Crippen molar-refractivity contribution in [3.05, 3.63) is 22.2 Å². The maximum atomic E-state index is 12.8. The van der Waals surface area contributed by atoms with Gasteiger partial charge in [-0.05, 0) is 65.2 Å². The lowest BCUT2D eigenvalue weighted by molar-refractivity contribution is 0.445. The van der Waals surface area contributed by atoms with Gasteiger partial charge in [0.15, 0.2) is 0 Å². The molecule has 2 fully saturated rings. The largest absolute Gasteiger partial charge is 0.398 e. The van der Waals surface area contributed by atoms with Crippen LogP contribution in [0.3, 0.4) is 0 Å². The molecule has 0 spiro atoms. The third-order valence-corrected chi connectivity index (χ3v) is 7.27. The van der Waals surface area contributed by atoms with E-state index in [1.54, 1.807) is 16.4 Å². The molecule has 1 saturated heterocycles. The Morgan fingerprint density at radius 1 is 1.25 bits per heavy atom. The lowest BCUT2D eigenvalue weighted by Crippen LogP contribution is -2.30. The second-order valence-electron chi connectivity index (χ2n) is 5.91. The van der Waals surface area contributed by atoms with Crippen molar-refractivity contribution in [2.24, 2.45) is 11.8 Å². The van der Waals surface area contributed by atoms with Gasteiger partial charge in [-0.3, -0.25) is 0 Å². The average molecular weight is 359 g/mol. The summed E-state index contributed by atoms with van der Waals surface area (Å²) in [5, 5.41) is 0. The molecule has 1 aliphatic carbocycles. The maximum Gasteiger partial charge on any atom is 0.243 e. The van der Waals surface area contributed by atoms with Crippen molar-refractivity contribution < 1.29 is 8.42 Å². The van der Waals surface area contributed by atoms with Crippen LogP contribution < -0.4 is 5.73 Å². The van der Waals surface area contributed by atoms with Crippen LogP contribution in [0, 0.1) is 18.8 Å². The first kappa shape index (κ1) is 14.4. The number of hydrogen-bond donors (Lipinski definition) is 1. The number of aryl methyl sites for hydroxylation is 1. The lowest BCUT2D eigenvalue weighted by atomic mass is 10.0. The summed E-state index contributed by atoms with van der Waals surface area (Å²) in [6, 6.07) is 3.35. The van der Waals surface area contributed by atoms with Crippen LogP contribution in [0.15, 0.2) is 21.5 Å². The molecule has 0 amide bonds. The summed E-state index contributed by atoms with van der Waals surface area (Å²) in [6.45, 7) is 3.15. The monoisotopic (exact) mass is 358 g/mol. The Kier molecular flexibility index (Phi) is 3.59. The Bertz CT molecular complexity index is 633. The van der Waals surface area contributed by atoms with Crippen molar-refractivity contribution in [2.75, 3.05) is 18.8 Å². The normalized spacial score (nSPS) is 26.9. The molecule has 1 saturated carbocycles. The number of benzene rings is 1. The van der Waals surface area contributed by atoms with E-state index in [1.165, 1.54) is 6.42 Å². The molecule has 0 radical (unpaired) electrons. The minimum absolute atomic E-state index is 0.346. The molecule has 0 aromatic heterocycles. The van der Waals surface area contributed by atoms with Gasteiger partial charge in [-0.25, -0.2) is 8.42 Å². The highest BCUT2D eigenvalue weighted by Crippen LogP contribution is 2.40. The summed E-state index contributed by atoms with van der Waals surface area (Å²) < 4.78 is 28.0. The van der Waals surface area contributed by atoms with Crippen molar-refractivity contribution >= 4 is 31.6 Å². The predicted molar refractivity (Wildman–Crippen MR) is 82.9 cm³/mol. The Hall–Kier alpha value is -0.590. The molecule has 20 heavy (non-hydrogen) atoms. The van der Waals surface area contributed by atoms with Crippen LogP contribution in [-0.4, -0.2) is 25.8 Å². The first-order valence-electron chi connectivity index (χ1n) is 6.95. The number of nitrogens with zero attached hydrogens (tertiary/aromatic N) is 1. The predicted octanol–water partition coefficient (Wildman–Crippen LogP) is 2.76. The highest BCUT2D eigenvalue weighted by Gasteiger charge is 2.41. The summed E-state index contributed by atoms with van der Waals surface area (Å²) in [5.41, 5.74) is 7.05. The number of sulfonamides is 1. The molecule has 6 heteroatoms. The quantitative estimate of drug-likeness (QED) is 0.826. The molecule has 2 aliphatic rings. The maximum absolute atomic E-state index is 12.8. The number of fused-ring (bicyclic) bond motifs is 1. The molecule has 2 N–H and O–H groups in total. The number of nitrogen functional groups attached to an aromatic ring is 1. The standard InChI is InChI=1S/C14H19BrN2O2S/c1-9-5-12(15)13(16)6-14(9)20(18,19)17-7-10-3-2-4-11(10)8-17/h5-6,10-11H,2-4,7-8,16H2,1H3. The lowest BCUT2D eigenvalue weighted by Gasteiger charge is -2.19. The molecule has 1 heterocycles. The van der Waals surface area contributed by atoms with Gasteiger partial charge in [-0.1, -0.05) is 6.42 Å². The summed E-state index contributed by atoms with van der Waals surface area (Å²) in [5.74, 6) is 1.11. The van der Waals surface area contributed by atoms with E-state index in [0.717, 1.165) is 22.9 Å². The number of nitrogens with two attached hydrogens (primary N) is 1. The second-order valence-corrected chi connectivity index (χ2v) is 8.67. The summed E-state index contributed by atoms with van der Waals surface area (Å²) in [4.78, 5) is 0.346. The van der Waals surface area contributed by atoms with Gasteiger partial charge in [-0.2, -0.15) is 4.31 Å². The number of rotatable bonds is 2. The molecule has 3 rings (SSSR count). The highest BCUT2D eigenvalue weighted by atomic mass is 79.9. The first-order chi connectivity index (χ1) is 9.39. The number of anilines is 1. The van der Waals surface area contributed by atoms with E-state index in [2.05, 4.69) is 15.9 Å². The first-order valence-corrected chi connectivity index (χ1v) is 9.18. The van der Waals surface area contributed by atoms with E-state index in [1.807, 2.05) is 6.92 Å². The topological polar surface area (TPSA) is 63.4 Å².